The molecule has 3 heteroatoms. The smallest absolute Gasteiger partial charge is 0.101 e. The normalized spacial score (nSPS) is 25.6. The summed E-state index contributed by atoms with van der Waals surface area (Å²) in [5.41, 5.74) is 2.98. The Balaban J connectivity index is 2.10. The summed E-state index contributed by atoms with van der Waals surface area (Å²) in [4.78, 5) is 2.79. The summed E-state index contributed by atoms with van der Waals surface area (Å²) in [6, 6.07) is 0. The Morgan fingerprint density at radius 2 is 2.07 bits per heavy atom. The van der Waals surface area contributed by atoms with Crippen LogP contribution in [0.5, 0.6) is 0 Å². The Morgan fingerprint density at radius 1 is 1.21 bits per heavy atom. The second kappa shape index (κ2) is 3.33. The third kappa shape index (κ3) is 1.23. The molecule has 2 heterocycles. The van der Waals surface area contributed by atoms with E-state index < -0.39 is 0 Å². The number of rotatable bonds is 0. The Labute approximate surface area is 88.0 Å². The van der Waals surface area contributed by atoms with E-state index in [2.05, 4.69) is 5.32 Å². The van der Waals surface area contributed by atoms with Gasteiger partial charge in [0.1, 0.15) is 6.10 Å². The Bertz CT molecular complexity index is 358. The molecule has 0 radical (unpaired) electrons. The lowest BCUT2D eigenvalue weighted by atomic mass is 9.93. The van der Waals surface area contributed by atoms with Crippen molar-refractivity contribution in [1.29, 1.82) is 0 Å². The third-order valence-corrected chi connectivity index (χ3v) is 4.69. The fourth-order valence-corrected chi connectivity index (χ4v) is 3.94. The van der Waals surface area contributed by atoms with Gasteiger partial charge in [0.05, 0.1) is 0 Å². The minimum absolute atomic E-state index is 0.255. The lowest BCUT2D eigenvalue weighted by Gasteiger charge is -2.20. The number of aryl methyl sites for hydroxylation is 1. The van der Waals surface area contributed by atoms with Gasteiger partial charge in [-0.1, -0.05) is 0 Å². The SMILES string of the molecule is OC1CNCc2c1sc1c2CCCC1. The molecule has 1 atom stereocenters. The summed E-state index contributed by atoms with van der Waals surface area (Å²) >= 11 is 1.86. The van der Waals surface area contributed by atoms with Crippen LogP contribution in [0.4, 0.5) is 0 Å². The lowest BCUT2D eigenvalue weighted by Crippen LogP contribution is -2.27. The minimum Gasteiger partial charge on any atom is -0.386 e. The molecule has 0 amide bonds. The van der Waals surface area contributed by atoms with Crippen LogP contribution in [0, 0.1) is 0 Å². The summed E-state index contributed by atoms with van der Waals surface area (Å²) < 4.78 is 0. The van der Waals surface area contributed by atoms with Crippen LogP contribution in [0.25, 0.3) is 0 Å². The highest BCUT2D eigenvalue weighted by Gasteiger charge is 2.26. The molecule has 1 unspecified atom stereocenters. The van der Waals surface area contributed by atoms with Crippen molar-refractivity contribution in [2.75, 3.05) is 6.54 Å². The van der Waals surface area contributed by atoms with E-state index in [0.717, 1.165) is 13.1 Å². The summed E-state index contributed by atoms with van der Waals surface area (Å²) in [5.74, 6) is 0. The largest absolute Gasteiger partial charge is 0.386 e. The zero-order valence-corrected chi connectivity index (χ0v) is 8.99. The second-order valence-electron chi connectivity index (χ2n) is 4.20. The molecule has 1 aliphatic carbocycles. The van der Waals surface area contributed by atoms with Gasteiger partial charge in [0.15, 0.2) is 0 Å². The van der Waals surface area contributed by atoms with Gasteiger partial charge in [-0.3, -0.25) is 0 Å². The summed E-state index contributed by atoms with van der Waals surface area (Å²) in [6.45, 7) is 1.70. The molecule has 0 spiro atoms. The maximum absolute atomic E-state index is 9.86. The zero-order valence-electron chi connectivity index (χ0n) is 8.18. The van der Waals surface area contributed by atoms with Crippen molar-refractivity contribution in [3.05, 3.63) is 20.9 Å². The van der Waals surface area contributed by atoms with Gasteiger partial charge in [0.2, 0.25) is 0 Å². The molecule has 0 saturated heterocycles. The Kier molecular flexibility index (Phi) is 2.11. The molecule has 1 aromatic rings. The van der Waals surface area contributed by atoms with Crippen molar-refractivity contribution in [3.63, 3.8) is 0 Å². The van der Waals surface area contributed by atoms with Crippen LogP contribution in [-0.4, -0.2) is 11.7 Å². The molecule has 2 N–H and O–H groups in total. The van der Waals surface area contributed by atoms with E-state index >= 15 is 0 Å². The van der Waals surface area contributed by atoms with E-state index in [-0.39, 0.29) is 6.10 Å². The Hall–Kier alpha value is -0.380. The minimum atomic E-state index is -0.255. The predicted molar refractivity (Wildman–Crippen MR) is 57.6 cm³/mol. The highest BCUT2D eigenvalue weighted by atomic mass is 32.1. The average molecular weight is 209 g/mol. The molecule has 76 valence electrons. The molecule has 14 heavy (non-hydrogen) atoms. The number of β-amino-alcohol motifs (C(OH)–C–C–N with tert-alkyl or cyclic N) is 1. The molecular formula is C11H15NOS. The van der Waals surface area contributed by atoms with Crippen molar-refractivity contribution in [2.24, 2.45) is 0 Å². The first kappa shape index (κ1) is 8.89. The zero-order chi connectivity index (χ0) is 9.54. The number of hydrogen-bond donors (Lipinski definition) is 2. The van der Waals surface area contributed by atoms with Crippen LogP contribution in [0.15, 0.2) is 0 Å². The van der Waals surface area contributed by atoms with E-state index in [1.165, 1.54) is 36.1 Å². The number of thiophene rings is 1. The van der Waals surface area contributed by atoms with Crippen LogP contribution in [0.3, 0.4) is 0 Å². The monoisotopic (exact) mass is 209 g/mol. The van der Waals surface area contributed by atoms with Gasteiger partial charge in [0, 0.05) is 22.8 Å². The number of fused-ring (bicyclic) bond motifs is 3. The predicted octanol–water partition coefficient (Wildman–Crippen LogP) is 1.76. The second-order valence-corrected chi connectivity index (χ2v) is 5.34. The van der Waals surface area contributed by atoms with E-state index in [0.29, 0.717) is 0 Å². The maximum atomic E-state index is 9.86. The highest BCUT2D eigenvalue weighted by Crippen LogP contribution is 2.38. The first-order chi connectivity index (χ1) is 6.86. The first-order valence-corrected chi connectivity index (χ1v) is 6.20. The van der Waals surface area contributed by atoms with Crippen molar-refractivity contribution in [3.8, 4) is 0 Å². The van der Waals surface area contributed by atoms with Crippen LogP contribution in [-0.2, 0) is 19.4 Å². The van der Waals surface area contributed by atoms with Crippen LogP contribution in [0.1, 0.15) is 39.8 Å². The number of hydrogen-bond acceptors (Lipinski definition) is 3. The van der Waals surface area contributed by atoms with Gasteiger partial charge in [-0.2, -0.15) is 0 Å². The molecule has 0 bridgehead atoms. The molecule has 0 aromatic carbocycles. The van der Waals surface area contributed by atoms with Crippen LogP contribution >= 0.6 is 11.3 Å². The molecular weight excluding hydrogens is 194 g/mol. The molecule has 1 aromatic heterocycles. The molecule has 1 aliphatic heterocycles. The lowest BCUT2D eigenvalue weighted by molar-refractivity contribution is 0.169. The number of aliphatic hydroxyl groups excluding tert-OH is 1. The molecule has 2 aliphatic rings. The standard InChI is InChI=1S/C11H15NOS/c13-9-6-12-5-8-7-3-1-2-4-10(7)14-11(8)9/h9,12-13H,1-6H2. The first-order valence-electron chi connectivity index (χ1n) is 5.38. The molecule has 0 fully saturated rings. The Morgan fingerprint density at radius 3 is 3.00 bits per heavy atom. The van der Waals surface area contributed by atoms with Crippen molar-refractivity contribution < 1.29 is 5.11 Å². The van der Waals surface area contributed by atoms with Crippen molar-refractivity contribution in [2.45, 2.75) is 38.3 Å². The van der Waals surface area contributed by atoms with Gasteiger partial charge >= 0.3 is 0 Å². The van der Waals surface area contributed by atoms with Gasteiger partial charge in [-0.15, -0.1) is 11.3 Å². The van der Waals surface area contributed by atoms with Gasteiger partial charge in [-0.25, -0.2) is 0 Å². The molecule has 0 saturated carbocycles. The number of aliphatic hydroxyl groups is 1. The van der Waals surface area contributed by atoms with Crippen LogP contribution in [0.2, 0.25) is 0 Å². The average Bonchev–Trinajstić information content (AvgIpc) is 2.59. The fraction of sp³-hybridized carbons (Fsp3) is 0.636. The molecule has 2 nitrogen and oxygen atoms in total. The van der Waals surface area contributed by atoms with E-state index in [1.54, 1.807) is 10.4 Å². The number of nitrogens with one attached hydrogen (secondary N) is 1. The van der Waals surface area contributed by atoms with E-state index in [4.69, 9.17) is 0 Å². The van der Waals surface area contributed by atoms with E-state index in [9.17, 15) is 5.11 Å². The summed E-state index contributed by atoms with van der Waals surface area (Å²) in [7, 11) is 0. The summed E-state index contributed by atoms with van der Waals surface area (Å²) in [5, 5.41) is 13.1. The topological polar surface area (TPSA) is 32.3 Å². The maximum Gasteiger partial charge on any atom is 0.101 e. The third-order valence-electron chi connectivity index (χ3n) is 3.25. The van der Waals surface area contributed by atoms with Crippen LogP contribution < -0.4 is 5.32 Å². The quantitative estimate of drug-likeness (QED) is 0.682. The fourth-order valence-electron chi connectivity index (χ4n) is 2.54. The van der Waals surface area contributed by atoms with E-state index in [1.807, 2.05) is 11.3 Å². The van der Waals surface area contributed by atoms with Crippen molar-refractivity contribution in [1.82, 2.24) is 5.32 Å². The summed E-state index contributed by atoms with van der Waals surface area (Å²) in [6.07, 6.45) is 4.87. The van der Waals surface area contributed by atoms with Gasteiger partial charge in [0.25, 0.3) is 0 Å². The van der Waals surface area contributed by atoms with Crippen molar-refractivity contribution >= 4 is 11.3 Å². The highest BCUT2D eigenvalue weighted by molar-refractivity contribution is 7.12. The van der Waals surface area contributed by atoms with Gasteiger partial charge < -0.3 is 10.4 Å². The van der Waals surface area contributed by atoms with Gasteiger partial charge in [-0.05, 0) is 36.8 Å². The molecule has 3 rings (SSSR count).